The Morgan fingerprint density at radius 1 is 1.43 bits per heavy atom. The van der Waals surface area contributed by atoms with Gasteiger partial charge in [0.1, 0.15) is 0 Å². The smallest absolute Gasteiger partial charge is 0.0250 e. The first kappa shape index (κ1) is 10.2. The zero-order valence-corrected chi connectivity index (χ0v) is 9.26. The number of hydrogen-bond donors (Lipinski definition) is 1. The van der Waals surface area contributed by atoms with Gasteiger partial charge in [-0.3, -0.25) is 4.90 Å². The minimum Gasteiger partial charge on any atom is -0.309 e. The van der Waals surface area contributed by atoms with Gasteiger partial charge in [-0.1, -0.05) is 19.1 Å². The van der Waals surface area contributed by atoms with Gasteiger partial charge in [0.25, 0.3) is 0 Å². The molecule has 0 amide bonds. The van der Waals surface area contributed by atoms with Gasteiger partial charge in [0.15, 0.2) is 0 Å². The van der Waals surface area contributed by atoms with Gasteiger partial charge in [-0.05, 0) is 32.2 Å². The molecule has 14 heavy (non-hydrogen) atoms. The number of nitrogens with zero attached hydrogens (tertiary/aromatic N) is 1. The molecule has 0 bridgehead atoms. The van der Waals surface area contributed by atoms with E-state index in [0.29, 0.717) is 0 Å². The minimum atomic E-state index is 0.737. The summed E-state index contributed by atoms with van der Waals surface area (Å²) in [6.45, 7) is 9.88. The molecule has 2 aliphatic heterocycles. The van der Waals surface area contributed by atoms with E-state index in [9.17, 15) is 0 Å². The molecule has 2 rings (SSSR count). The van der Waals surface area contributed by atoms with E-state index >= 15 is 0 Å². The number of nitrogens with one attached hydrogen (secondary N) is 1. The predicted molar refractivity (Wildman–Crippen MR) is 60.4 cm³/mol. The minimum absolute atomic E-state index is 0.737. The van der Waals surface area contributed by atoms with Crippen molar-refractivity contribution in [1.82, 2.24) is 10.2 Å². The summed E-state index contributed by atoms with van der Waals surface area (Å²) < 4.78 is 0. The van der Waals surface area contributed by atoms with Crippen LogP contribution in [-0.4, -0.2) is 36.6 Å². The van der Waals surface area contributed by atoms with Crippen LogP contribution in [0.4, 0.5) is 0 Å². The van der Waals surface area contributed by atoms with Crippen molar-refractivity contribution in [3.8, 4) is 0 Å². The van der Waals surface area contributed by atoms with E-state index in [2.05, 4.69) is 23.7 Å². The van der Waals surface area contributed by atoms with E-state index in [4.69, 9.17) is 0 Å². The molecule has 0 aromatic carbocycles. The van der Waals surface area contributed by atoms with E-state index < -0.39 is 0 Å². The molecule has 0 aliphatic carbocycles. The molecule has 0 saturated carbocycles. The van der Waals surface area contributed by atoms with Crippen molar-refractivity contribution in [2.75, 3.05) is 19.6 Å². The standard InChI is InChI=1S/C12H22N2/c1-3-10(2)9-13-11-6-8-14-7-4-5-12(11)14/h11-13H,2-9H2,1H3. The summed E-state index contributed by atoms with van der Waals surface area (Å²) in [6.07, 6.45) is 5.24. The van der Waals surface area contributed by atoms with E-state index in [1.807, 2.05) is 0 Å². The zero-order valence-electron chi connectivity index (χ0n) is 9.26. The first-order valence-corrected chi connectivity index (χ1v) is 5.95. The van der Waals surface area contributed by atoms with Gasteiger partial charge >= 0.3 is 0 Å². The van der Waals surface area contributed by atoms with Crippen LogP contribution in [0.25, 0.3) is 0 Å². The molecule has 0 aromatic rings. The molecular formula is C12H22N2. The fraction of sp³-hybridized carbons (Fsp3) is 0.833. The van der Waals surface area contributed by atoms with Crippen LogP contribution < -0.4 is 5.32 Å². The van der Waals surface area contributed by atoms with Crippen molar-refractivity contribution in [1.29, 1.82) is 0 Å². The van der Waals surface area contributed by atoms with Crippen molar-refractivity contribution in [2.45, 2.75) is 44.7 Å². The van der Waals surface area contributed by atoms with Gasteiger partial charge in [0, 0.05) is 25.2 Å². The van der Waals surface area contributed by atoms with Crippen LogP contribution in [0.2, 0.25) is 0 Å². The molecule has 2 heteroatoms. The van der Waals surface area contributed by atoms with E-state index in [-0.39, 0.29) is 0 Å². The molecule has 2 nitrogen and oxygen atoms in total. The summed E-state index contributed by atoms with van der Waals surface area (Å²) in [5.74, 6) is 0. The van der Waals surface area contributed by atoms with Crippen molar-refractivity contribution < 1.29 is 0 Å². The zero-order chi connectivity index (χ0) is 9.97. The number of rotatable bonds is 4. The second-order valence-corrected chi connectivity index (χ2v) is 4.63. The largest absolute Gasteiger partial charge is 0.309 e. The summed E-state index contributed by atoms with van der Waals surface area (Å²) in [4.78, 5) is 2.65. The molecule has 0 spiro atoms. The van der Waals surface area contributed by atoms with Gasteiger partial charge in [-0.2, -0.15) is 0 Å². The predicted octanol–water partition coefficient (Wildman–Crippen LogP) is 1.78. The third-order valence-electron chi connectivity index (χ3n) is 3.72. The lowest BCUT2D eigenvalue weighted by atomic mass is 10.1. The highest BCUT2D eigenvalue weighted by Crippen LogP contribution is 2.27. The van der Waals surface area contributed by atoms with Crippen LogP contribution in [0.1, 0.15) is 32.6 Å². The summed E-state index contributed by atoms with van der Waals surface area (Å²) in [7, 11) is 0. The maximum absolute atomic E-state index is 4.04. The Kier molecular flexibility index (Phi) is 3.24. The summed E-state index contributed by atoms with van der Waals surface area (Å²) in [5.41, 5.74) is 1.33. The van der Waals surface area contributed by atoms with Crippen LogP contribution in [0, 0.1) is 0 Å². The number of hydrogen-bond acceptors (Lipinski definition) is 2. The molecule has 2 unspecified atom stereocenters. The Bertz CT molecular complexity index is 212. The van der Waals surface area contributed by atoms with Crippen LogP contribution >= 0.6 is 0 Å². The Hall–Kier alpha value is -0.340. The average Bonchev–Trinajstić information content (AvgIpc) is 2.76. The Labute approximate surface area is 87.4 Å². The van der Waals surface area contributed by atoms with Crippen LogP contribution in [0.5, 0.6) is 0 Å². The van der Waals surface area contributed by atoms with E-state index in [0.717, 1.165) is 25.0 Å². The lowest BCUT2D eigenvalue weighted by molar-refractivity contribution is 0.301. The third kappa shape index (κ3) is 2.01. The maximum atomic E-state index is 4.04. The SMILES string of the molecule is C=C(CC)CNC1CCN2CCCC12. The van der Waals surface area contributed by atoms with Gasteiger partial charge in [-0.15, -0.1) is 0 Å². The van der Waals surface area contributed by atoms with E-state index in [1.54, 1.807) is 0 Å². The second kappa shape index (κ2) is 4.45. The summed E-state index contributed by atoms with van der Waals surface area (Å²) in [5, 5.41) is 3.66. The molecule has 2 saturated heterocycles. The lowest BCUT2D eigenvalue weighted by Crippen LogP contribution is -2.39. The molecule has 2 fully saturated rings. The van der Waals surface area contributed by atoms with Gasteiger partial charge < -0.3 is 5.32 Å². The summed E-state index contributed by atoms with van der Waals surface area (Å²) in [6, 6.07) is 1.57. The van der Waals surface area contributed by atoms with E-state index in [1.165, 1.54) is 37.9 Å². The highest BCUT2D eigenvalue weighted by Gasteiger charge is 2.36. The fourth-order valence-corrected chi connectivity index (χ4v) is 2.72. The Balaban J connectivity index is 1.78. The quantitative estimate of drug-likeness (QED) is 0.686. The molecule has 80 valence electrons. The van der Waals surface area contributed by atoms with Crippen LogP contribution in [0.3, 0.4) is 0 Å². The number of fused-ring (bicyclic) bond motifs is 1. The maximum Gasteiger partial charge on any atom is 0.0250 e. The molecule has 1 N–H and O–H groups in total. The normalized spacial score (nSPS) is 32.1. The van der Waals surface area contributed by atoms with Crippen molar-refractivity contribution in [3.63, 3.8) is 0 Å². The first-order chi connectivity index (χ1) is 6.81. The van der Waals surface area contributed by atoms with Gasteiger partial charge in [0.2, 0.25) is 0 Å². The molecule has 0 aromatic heterocycles. The molecule has 2 aliphatic rings. The highest BCUT2D eigenvalue weighted by molar-refractivity contribution is 5.00. The first-order valence-electron chi connectivity index (χ1n) is 5.95. The Morgan fingerprint density at radius 3 is 3.07 bits per heavy atom. The van der Waals surface area contributed by atoms with Crippen molar-refractivity contribution >= 4 is 0 Å². The summed E-state index contributed by atoms with van der Waals surface area (Å²) >= 11 is 0. The lowest BCUT2D eigenvalue weighted by Gasteiger charge is -2.21. The Morgan fingerprint density at radius 2 is 2.29 bits per heavy atom. The topological polar surface area (TPSA) is 15.3 Å². The monoisotopic (exact) mass is 194 g/mol. The van der Waals surface area contributed by atoms with Crippen LogP contribution in [-0.2, 0) is 0 Å². The van der Waals surface area contributed by atoms with Crippen LogP contribution in [0.15, 0.2) is 12.2 Å². The molecule has 0 radical (unpaired) electrons. The second-order valence-electron chi connectivity index (χ2n) is 4.63. The average molecular weight is 194 g/mol. The molecule has 2 heterocycles. The fourth-order valence-electron chi connectivity index (χ4n) is 2.72. The van der Waals surface area contributed by atoms with Gasteiger partial charge in [-0.25, -0.2) is 0 Å². The molecule has 2 atom stereocenters. The van der Waals surface area contributed by atoms with Crippen molar-refractivity contribution in [3.05, 3.63) is 12.2 Å². The third-order valence-corrected chi connectivity index (χ3v) is 3.72. The van der Waals surface area contributed by atoms with Crippen molar-refractivity contribution in [2.24, 2.45) is 0 Å². The van der Waals surface area contributed by atoms with Gasteiger partial charge in [0.05, 0.1) is 0 Å². The molecular weight excluding hydrogens is 172 g/mol. The highest BCUT2D eigenvalue weighted by atomic mass is 15.2.